The fraction of sp³-hybridized carbons (Fsp3) is 0.300. The van der Waals surface area contributed by atoms with Crippen molar-refractivity contribution >= 4 is 27.9 Å². The first-order valence-corrected chi connectivity index (χ1v) is 9.32. The summed E-state index contributed by atoms with van der Waals surface area (Å²) in [5, 5.41) is 2.80. The molecule has 0 radical (unpaired) electrons. The van der Waals surface area contributed by atoms with E-state index in [0.717, 1.165) is 4.47 Å². The van der Waals surface area contributed by atoms with Crippen molar-refractivity contribution in [3.8, 4) is 17.2 Å². The molecule has 1 heterocycles. The molecule has 0 aromatic heterocycles. The Hall–Kier alpha value is -2.74. The van der Waals surface area contributed by atoms with E-state index in [1.165, 1.54) is 12.0 Å². The zero-order valence-corrected chi connectivity index (χ0v) is 17.6. The molecule has 3 rings (SSSR count). The summed E-state index contributed by atoms with van der Waals surface area (Å²) in [5.74, 6) is 1.46. The number of hydrogen-bond donors (Lipinski definition) is 1. The lowest BCUT2D eigenvalue weighted by Crippen LogP contribution is -2.40. The van der Waals surface area contributed by atoms with Crippen LogP contribution in [0.2, 0.25) is 0 Å². The minimum Gasteiger partial charge on any atom is -0.497 e. The van der Waals surface area contributed by atoms with Gasteiger partial charge in [-0.3, -0.25) is 9.69 Å². The largest absolute Gasteiger partial charge is 0.497 e. The monoisotopic (exact) mass is 448 g/mol. The van der Waals surface area contributed by atoms with E-state index in [-0.39, 0.29) is 12.5 Å². The number of urea groups is 1. The lowest BCUT2D eigenvalue weighted by molar-refractivity contribution is -0.131. The second-order valence-electron chi connectivity index (χ2n) is 6.47. The van der Waals surface area contributed by atoms with Gasteiger partial charge in [-0.05, 0) is 52.7 Å². The van der Waals surface area contributed by atoms with Crippen LogP contribution < -0.4 is 19.5 Å². The van der Waals surface area contributed by atoms with Gasteiger partial charge in [-0.25, -0.2) is 4.79 Å². The number of ether oxygens (including phenoxy) is 3. The number of carbonyl (C=O) groups is 2. The summed E-state index contributed by atoms with van der Waals surface area (Å²) in [6.45, 7) is 1.75. The zero-order chi connectivity index (χ0) is 20.5. The van der Waals surface area contributed by atoms with Crippen LogP contribution in [0.4, 0.5) is 4.79 Å². The summed E-state index contributed by atoms with van der Waals surface area (Å²) in [4.78, 5) is 26.9. The maximum Gasteiger partial charge on any atom is 0.325 e. The highest BCUT2D eigenvalue weighted by Gasteiger charge is 2.49. The van der Waals surface area contributed by atoms with Crippen LogP contribution in [-0.2, 0) is 16.9 Å². The SMILES string of the molecule is COc1ccc(C2(C)NC(=O)N(Cc3cc(OC)c(Br)cc3OC)C2=O)cc1. The molecule has 1 unspecified atom stereocenters. The Morgan fingerprint density at radius 3 is 2.21 bits per heavy atom. The third-order valence-electron chi connectivity index (χ3n) is 4.83. The highest BCUT2D eigenvalue weighted by molar-refractivity contribution is 9.10. The van der Waals surface area contributed by atoms with Crippen molar-refractivity contribution in [2.75, 3.05) is 21.3 Å². The van der Waals surface area contributed by atoms with Crippen LogP contribution in [0.5, 0.6) is 17.2 Å². The zero-order valence-electron chi connectivity index (χ0n) is 16.0. The van der Waals surface area contributed by atoms with E-state index < -0.39 is 11.6 Å². The van der Waals surface area contributed by atoms with Crippen LogP contribution in [-0.4, -0.2) is 38.2 Å². The van der Waals surface area contributed by atoms with Gasteiger partial charge in [0.1, 0.15) is 22.8 Å². The Morgan fingerprint density at radius 1 is 1.00 bits per heavy atom. The lowest BCUT2D eigenvalue weighted by atomic mass is 9.92. The molecule has 0 saturated carbocycles. The summed E-state index contributed by atoms with van der Waals surface area (Å²) >= 11 is 3.40. The number of carbonyl (C=O) groups excluding carboxylic acids is 2. The minimum atomic E-state index is -1.16. The Labute approximate surface area is 171 Å². The second-order valence-corrected chi connectivity index (χ2v) is 7.33. The molecular formula is C20H21BrN2O5. The number of benzene rings is 2. The third-order valence-corrected chi connectivity index (χ3v) is 5.45. The normalized spacial score (nSPS) is 18.8. The number of nitrogens with one attached hydrogen (secondary N) is 1. The van der Waals surface area contributed by atoms with Gasteiger partial charge in [-0.1, -0.05) is 12.1 Å². The van der Waals surface area contributed by atoms with E-state index in [1.807, 2.05) is 0 Å². The molecule has 0 spiro atoms. The predicted octanol–water partition coefficient (Wildman–Crippen LogP) is 3.44. The average molecular weight is 449 g/mol. The molecule has 148 valence electrons. The number of halogens is 1. The van der Waals surface area contributed by atoms with Crippen LogP contribution in [0.3, 0.4) is 0 Å². The predicted molar refractivity (Wildman–Crippen MR) is 107 cm³/mol. The highest BCUT2D eigenvalue weighted by Crippen LogP contribution is 2.36. The lowest BCUT2D eigenvalue weighted by Gasteiger charge is -2.23. The van der Waals surface area contributed by atoms with E-state index in [9.17, 15) is 9.59 Å². The van der Waals surface area contributed by atoms with Crippen molar-refractivity contribution in [2.45, 2.75) is 19.0 Å². The molecule has 2 aromatic rings. The number of imide groups is 1. The van der Waals surface area contributed by atoms with Crippen LogP contribution in [0.1, 0.15) is 18.1 Å². The standard InChI is InChI=1S/C20H21BrN2O5/c1-20(13-5-7-14(26-2)8-6-13)18(24)23(19(25)22-20)11-12-9-17(28-4)15(21)10-16(12)27-3/h5-10H,11H2,1-4H3,(H,22,25). The topological polar surface area (TPSA) is 77.1 Å². The Morgan fingerprint density at radius 2 is 1.64 bits per heavy atom. The van der Waals surface area contributed by atoms with Gasteiger partial charge >= 0.3 is 6.03 Å². The van der Waals surface area contributed by atoms with Gasteiger partial charge < -0.3 is 19.5 Å². The molecule has 0 aliphatic carbocycles. The maximum atomic E-state index is 13.1. The van der Waals surface area contributed by atoms with E-state index in [1.54, 1.807) is 57.5 Å². The molecule has 8 heteroatoms. The molecule has 2 aromatic carbocycles. The van der Waals surface area contributed by atoms with Crippen molar-refractivity contribution in [2.24, 2.45) is 0 Å². The second kappa shape index (κ2) is 7.71. The van der Waals surface area contributed by atoms with Gasteiger partial charge in [-0.15, -0.1) is 0 Å². The summed E-state index contributed by atoms with van der Waals surface area (Å²) in [5.41, 5.74) is 0.176. The summed E-state index contributed by atoms with van der Waals surface area (Å²) < 4.78 is 16.6. The van der Waals surface area contributed by atoms with E-state index in [2.05, 4.69) is 21.2 Å². The van der Waals surface area contributed by atoms with Crippen LogP contribution in [0.15, 0.2) is 40.9 Å². The van der Waals surface area contributed by atoms with Gasteiger partial charge in [0.15, 0.2) is 0 Å². The first-order valence-electron chi connectivity index (χ1n) is 8.53. The van der Waals surface area contributed by atoms with Gasteiger partial charge in [0, 0.05) is 5.56 Å². The fourth-order valence-electron chi connectivity index (χ4n) is 3.18. The highest BCUT2D eigenvalue weighted by atomic mass is 79.9. The number of hydrogen-bond acceptors (Lipinski definition) is 5. The first kappa shape index (κ1) is 20.0. The quantitative estimate of drug-likeness (QED) is 0.684. The van der Waals surface area contributed by atoms with Crippen LogP contribution >= 0.6 is 15.9 Å². The molecule has 28 heavy (non-hydrogen) atoms. The average Bonchev–Trinajstić information content (AvgIpc) is 2.92. The molecule has 1 aliphatic heterocycles. The molecule has 0 bridgehead atoms. The summed E-state index contributed by atoms with van der Waals surface area (Å²) in [7, 11) is 4.65. The molecular weight excluding hydrogens is 428 g/mol. The Bertz CT molecular complexity index is 916. The summed E-state index contributed by atoms with van der Waals surface area (Å²) in [6, 6.07) is 10.1. The van der Waals surface area contributed by atoms with Crippen molar-refractivity contribution in [1.29, 1.82) is 0 Å². The molecule has 1 aliphatic rings. The Kier molecular flexibility index (Phi) is 5.51. The van der Waals surface area contributed by atoms with Crippen LogP contribution in [0, 0.1) is 0 Å². The molecule has 7 nitrogen and oxygen atoms in total. The van der Waals surface area contributed by atoms with Crippen LogP contribution in [0.25, 0.3) is 0 Å². The molecule has 1 fully saturated rings. The molecule has 3 amide bonds. The van der Waals surface area contributed by atoms with Gasteiger partial charge in [-0.2, -0.15) is 0 Å². The van der Waals surface area contributed by atoms with Gasteiger partial charge in [0.05, 0.1) is 32.3 Å². The smallest absolute Gasteiger partial charge is 0.325 e. The number of nitrogens with zero attached hydrogens (tertiary/aromatic N) is 1. The molecule has 1 N–H and O–H groups in total. The number of amides is 3. The number of rotatable bonds is 6. The van der Waals surface area contributed by atoms with E-state index in [4.69, 9.17) is 14.2 Å². The first-order chi connectivity index (χ1) is 13.3. The third kappa shape index (κ3) is 3.40. The van der Waals surface area contributed by atoms with Gasteiger partial charge in [0.25, 0.3) is 5.91 Å². The van der Waals surface area contributed by atoms with E-state index in [0.29, 0.717) is 28.4 Å². The Balaban J connectivity index is 1.92. The van der Waals surface area contributed by atoms with E-state index >= 15 is 0 Å². The number of methoxy groups -OCH3 is 3. The van der Waals surface area contributed by atoms with Gasteiger partial charge in [0.2, 0.25) is 0 Å². The fourth-order valence-corrected chi connectivity index (χ4v) is 3.66. The molecule has 1 atom stereocenters. The summed E-state index contributed by atoms with van der Waals surface area (Å²) in [6.07, 6.45) is 0. The van der Waals surface area contributed by atoms with Crippen molar-refractivity contribution in [1.82, 2.24) is 10.2 Å². The van der Waals surface area contributed by atoms with Crippen molar-refractivity contribution < 1.29 is 23.8 Å². The maximum absolute atomic E-state index is 13.1. The molecule has 1 saturated heterocycles. The minimum absolute atomic E-state index is 0.0588. The van der Waals surface area contributed by atoms with Crippen molar-refractivity contribution in [3.63, 3.8) is 0 Å². The van der Waals surface area contributed by atoms with Crippen molar-refractivity contribution in [3.05, 3.63) is 52.0 Å².